The molecule has 0 unspecified atom stereocenters. The quantitative estimate of drug-likeness (QED) is 0.605. The molecule has 4 N–H and O–H groups in total. The number of nitrogens with one attached hydrogen (secondary N) is 2. The van der Waals surface area contributed by atoms with Crippen molar-refractivity contribution in [3.05, 3.63) is 30.6 Å². The van der Waals surface area contributed by atoms with E-state index in [0.717, 1.165) is 12.1 Å². The van der Waals surface area contributed by atoms with Crippen molar-refractivity contribution in [3.8, 4) is 0 Å². The van der Waals surface area contributed by atoms with Crippen LogP contribution in [-0.4, -0.2) is 41.3 Å². The molecule has 0 radical (unpaired) electrons. The second kappa shape index (κ2) is 6.64. The van der Waals surface area contributed by atoms with Crippen molar-refractivity contribution in [2.24, 2.45) is 5.73 Å². The Kier molecular flexibility index (Phi) is 4.88. The number of nitrogens with zero attached hydrogens (tertiary/aromatic N) is 3. The van der Waals surface area contributed by atoms with Gasteiger partial charge in [-0.1, -0.05) is 0 Å². The normalized spacial score (nSPS) is 11.8. The van der Waals surface area contributed by atoms with Crippen molar-refractivity contribution in [2.45, 2.75) is 24.3 Å². The van der Waals surface area contributed by atoms with Gasteiger partial charge < -0.3 is 10.7 Å². The lowest BCUT2D eigenvalue weighted by atomic mass is 10.3. The van der Waals surface area contributed by atoms with Gasteiger partial charge in [-0.25, -0.2) is 18.1 Å². The maximum absolute atomic E-state index is 12.0. The van der Waals surface area contributed by atoms with Gasteiger partial charge in [0.25, 0.3) is 0 Å². The number of aryl methyl sites for hydroxylation is 1. The zero-order valence-corrected chi connectivity index (χ0v) is 11.8. The van der Waals surface area contributed by atoms with E-state index in [1.165, 1.54) is 12.4 Å². The Labute approximate surface area is 117 Å². The fraction of sp³-hybridized carbons (Fsp3) is 0.455. The molecule has 2 rings (SSSR count). The van der Waals surface area contributed by atoms with Crippen molar-refractivity contribution in [2.75, 3.05) is 13.1 Å². The lowest BCUT2D eigenvalue weighted by Crippen LogP contribution is -2.25. The summed E-state index contributed by atoms with van der Waals surface area (Å²) in [5.74, 6) is 0. The Hall–Kier alpha value is -1.71. The summed E-state index contributed by atoms with van der Waals surface area (Å²) >= 11 is 0. The first-order valence-electron chi connectivity index (χ1n) is 6.31. The molecule has 8 nitrogen and oxygen atoms in total. The number of hydrogen-bond donors (Lipinski definition) is 3. The van der Waals surface area contributed by atoms with E-state index in [9.17, 15) is 8.42 Å². The van der Waals surface area contributed by atoms with Gasteiger partial charge in [-0.15, -0.1) is 0 Å². The summed E-state index contributed by atoms with van der Waals surface area (Å²) in [5.41, 5.74) is 6.28. The highest BCUT2D eigenvalue weighted by atomic mass is 32.2. The van der Waals surface area contributed by atoms with Crippen LogP contribution >= 0.6 is 0 Å². The molecule has 0 spiro atoms. The van der Waals surface area contributed by atoms with Crippen LogP contribution in [0.15, 0.2) is 29.8 Å². The van der Waals surface area contributed by atoms with E-state index in [-0.39, 0.29) is 4.90 Å². The van der Waals surface area contributed by atoms with Crippen LogP contribution in [0.2, 0.25) is 0 Å². The molecule has 9 heteroatoms. The van der Waals surface area contributed by atoms with Crippen LogP contribution in [0.1, 0.15) is 12.1 Å². The number of imidazole rings is 1. The molecule has 0 aliphatic carbocycles. The Morgan fingerprint density at radius 1 is 1.40 bits per heavy atom. The first kappa shape index (κ1) is 14.7. The molecule has 0 atom stereocenters. The van der Waals surface area contributed by atoms with Gasteiger partial charge in [0.15, 0.2) is 0 Å². The number of aromatic amines is 1. The molecule has 0 amide bonds. The van der Waals surface area contributed by atoms with Crippen LogP contribution in [-0.2, 0) is 23.0 Å². The Morgan fingerprint density at radius 3 is 2.95 bits per heavy atom. The van der Waals surface area contributed by atoms with Gasteiger partial charge in [0, 0.05) is 37.6 Å². The Balaban J connectivity index is 1.90. The third-order valence-corrected chi connectivity index (χ3v) is 4.17. The molecule has 20 heavy (non-hydrogen) atoms. The summed E-state index contributed by atoms with van der Waals surface area (Å²) in [4.78, 5) is 6.95. The highest BCUT2D eigenvalue weighted by Crippen LogP contribution is 2.07. The van der Waals surface area contributed by atoms with Crippen LogP contribution in [0, 0.1) is 0 Å². The second-order valence-corrected chi connectivity index (χ2v) is 6.07. The predicted octanol–water partition coefficient (Wildman–Crippen LogP) is -0.524. The summed E-state index contributed by atoms with van der Waals surface area (Å²) in [5, 5.41) is 4.00. The van der Waals surface area contributed by atoms with Crippen molar-refractivity contribution in [3.63, 3.8) is 0 Å². The Bertz CT molecular complexity index is 619. The first-order chi connectivity index (χ1) is 9.62. The molecular weight excluding hydrogens is 280 g/mol. The van der Waals surface area contributed by atoms with E-state index < -0.39 is 10.0 Å². The van der Waals surface area contributed by atoms with Gasteiger partial charge in [0.2, 0.25) is 10.0 Å². The van der Waals surface area contributed by atoms with Gasteiger partial charge >= 0.3 is 0 Å². The van der Waals surface area contributed by atoms with Gasteiger partial charge in [-0.3, -0.25) is 4.68 Å². The zero-order valence-electron chi connectivity index (χ0n) is 11.0. The number of rotatable bonds is 8. The minimum Gasteiger partial charge on any atom is -0.348 e. The average Bonchev–Trinajstić information content (AvgIpc) is 3.07. The van der Waals surface area contributed by atoms with Crippen LogP contribution < -0.4 is 10.5 Å². The van der Waals surface area contributed by atoms with E-state index in [1.807, 2.05) is 0 Å². The fourth-order valence-electron chi connectivity index (χ4n) is 1.68. The number of aromatic nitrogens is 4. The molecule has 2 aromatic heterocycles. The van der Waals surface area contributed by atoms with E-state index in [0.29, 0.717) is 26.1 Å². The summed E-state index contributed by atoms with van der Waals surface area (Å²) in [6.45, 7) is 1.46. The minimum atomic E-state index is -3.52. The SMILES string of the molecule is NCCCn1cc(S(=O)(=O)NCCc2cnc[nH]2)cn1. The van der Waals surface area contributed by atoms with Crippen LogP contribution in [0.5, 0.6) is 0 Å². The molecule has 0 bridgehead atoms. The maximum atomic E-state index is 12.0. The van der Waals surface area contributed by atoms with Gasteiger partial charge in [0.1, 0.15) is 4.90 Å². The minimum absolute atomic E-state index is 0.166. The van der Waals surface area contributed by atoms with Crippen molar-refractivity contribution >= 4 is 10.0 Å². The first-order valence-corrected chi connectivity index (χ1v) is 7.79. The molecule has 0 saturated heterocycles. The van der Waals surface area contributed by atoms with Crippen molar-refractivity contribution in [1.29, 1.82) is 0 Å². The molecule has 0 fully saturated rings. The molecular formula is C11H18N6O2S. The lowest BCUT2D eigenvalue weighted by molar-refractivity contribution is 0.576. The average molecular weight is 298 g/mol. The molecule has 2 heterocycles. The fourth-order valence-corrected chi connectivity index (χ4v) is 2.67. The van der Waals surface area contributed by atoms with Gasteiger partial charge in [-0.2, -0.15) is 5.10 Å². The summed E-state index contributed by atoms with van der Waals surface area (Å²) in [6, 6.07) is 0. The summed E-state index contributed by atoms with van der Waals surface area (Å²) in [6.07, 6.45) is 7.39. The predicted molar refractivity (Wildman–Crippen MR) is 73.4 cm³/mol. The third kappa shape index (κ3) is 3.89. The molecule has 110 valence electrons. The van der Waals surface area contributed by atoms with Gasteiger partial charge in [-0.05, 0) is 13.0 Å². The molecule has 0 aliphatic rings. The highest BCUT2D eigenvalue weighted by Gasteiger charge is 2.15. The number of nitrogens with two attached hydrogens (primary N) is 1. The molecule has 0 saturated carbocycles. The van der Waals surface area contributed by atoms with Crippen LogP contribution in [0.4, 0.5) is 0 Å². The Morgan fingerprint density at radius 2 is 2.25 bits per heavy atom. The van der Waals surface area contributed by atoms with E-state index >= 15 is 0 Å². The lowest BCUT2D eigenvalue weighted by Gasteiger charge is -2.03. The highest BCUT2D eigenvalue weighted by molar-refractivity contribution is 7.89. The van der Waals surface area contributed by atoms with E-state index in [1.54, 1.807) is 17.2 Å². The summed E-state index contributed by atoms with van der Waals surface area (Å²) in [7, 11) is -3.52. The van der Waals surface area contributed by atoms with Crippen LogP contribution in [0.3, 0.4) is 0 Å². The second-order valence-electron chi connectivity index (χ2n) is 4.31. The molecule has 2 aromatic rings. The monoisotopic (exact) mass is 298 g/mol. The van der Waals surface area contributed by atoms with E-state index in [2.05, 4.69) is 19.8 Å². The number of hydrogen-bond acceptors (Lipinski definition) is 5. The largest absolute Gasteiger partial charge is 0.348 e. The topological polar surface area (TPSA) is 119 Å². The number of H-pyrrole nitrogens is 1. The zero-order chi connectivity index (χ0) is 14.4. The molecule has 0 aliphatic heterocycles. The molecule has 0 aromatic carbocycles. The third-order valence-electron chi connectivity index (χ3n) is 2.75. The number of sulfonamides is 1. The summed E-state index contributed by atoms with van der Waals surface area (Å²) < 4.78 is 28.2. The maximum Gasteiger partial charge on any atom is 0.243 e. The van der Waals surface area contributed by atoms with Gasteiger partial charge in [0.05, 0.1) is 12.5 Å². The smallest absolute Gasteiger partial charge is 0.243 e. The van der Waals surface area contributed by atoms with E-state index in [4.69, 9.17) is 5.73 Å². The van der Waals surface area contributed by atoms with Crippen molar-refractivity contribution < 1.29 is 8.42 Å². The van der Waals surface area contributed by atoms with Crippen molar-refractivity contribution in [1.82, 2.24) is 24.5 Å². The van der Waals surface area contributed by atoms with Crippen LogP contribution in [0.25, 0.3) is 0 Å². The standard InChI is InChI=1S/C11H18N6O2S/c12-3-1-5-17-8-11(7-15-17)20(18,19)16-4-2-10-6-13-9-14-10/h6-9,16H,1-5,12H2,(H,13,14).